The van der Waals surface area contributed by atoms with Crippen molar-refractivity contribution in [2.24, 2.45) is 5.92 Å². The number of amides is 2. The van der Waals surface area contributed by atoms with E-state index in [1.54, 1.807) is 29.9 Å². The summed E-state index contributed by atoms with van der Waals surface area (Å²) < 4.78 is 6.60. The topological polar surface area (TPSA) is 211 Å². The van der Waals surface area contributed by atoms with Crippen molar-refractivity contribution >= 4 is 23.2 Å². The summed E-state index contributed by atoms with van der Waals surface area (Å²) in [6.45, 7) is 2.19. The maximum Gasteiger partial charge on any atom is 0.264 e. The minimum absolute atomic E-state index is 0.0171. The molecule has 1 aromatic carbocycles. The number of nitrogens with zero attached hydrogens (tertiary/aromatic N) is 4. The second kappa shape index (κ2) is 11.5. The number of benzene rings is 1. The summed E-state index contributed by atoms with van der Waals surface area (Å²) >= 11 is 0. The lowest BCUT2D eigenvalue weighted by Gasteiger charge is -2.37. The molecule has 0 aliphatic carbocycles. The molecule has 14 nitrogen and oxygen atoms in total. The fourth-order valence-corrected chi connectivity index (χ4v) is 4.75. The molecule has 7 N–H and O–H groups in total. The third-order valence-corrected chi connectivity index (χ3v) is 7.08. The Hall–Kier alpha value is -3.24. The summed E-state index contributed by atoms with van der Waals surface area (Å²) in [7, 11) is 1.53. The van der Waals surface area contributed by atoms with E-state index in [0.717, 1.165) is 0 Å². The van der Waals surface area contributed by atoms with Gasteiger partial charge in [-0.15, -0.1) is 5.10 Å². The van der Waals surface area contributed by atoms with E-state index in [1.807, 2.05) is 6.08 Å². The number of nitrogens with one attached hydrogen (secondary N) is 1. The van der Waals surface area contributed by atoms with Crippen LogP contribution in [0.2, 0.25) is 0 Å². The third-order valence-electron chi connectivity index (χ3n) is 7.08. The predicted octanol–water partition coefficient (Wildman–Crippen LogP) is -2.00. The SMILES string of the molecule is C[C@@H](/C=C/CCn1cc(CCO)nn1)[C@]1(O)C(=O)N(C)c2ccc(NC(=O)[C@H]3O[C@@H](O)[C@H](O)[C@@H](O)[C@@H]3O)cc21. The number of aliphatic hydroxyl groups is 6. The first kappa shape index (κ1) is 28.8. The quantitative estimate of drug-likeness (QED) is 0.171. The van der Waals surface area contributed by atoms with E-state index < -0.39 is 54.0 Å². The molecule has 2 aliphatic heterocycles. The lowest BCUT2D eigenvalue weighted by molar-refractivity contribution is -0.274. The Morgan fingerprint density at radius 2 is 1.97 bits per heavy atom. The standard InChI is InChI=1S/C25H33N5O9/c1-13(5-3-4-9-30-12-15(8-10-31)27-28-30)25(38)16-11-14(6-7-17(16)29(2)24(25)37)26-22(35)21-19(33)18(32)20(34)23(36)39-21/h3,5-7,11-13,18-21,23,31-34,36,38H,4,8-10H2,1-2H3,(H,26,35)/b5-3+/t13-,18-,19-,20+,21-,23+,25+/m0/s1. The van der Waals surface area contributed by atoms with Crippen molar-refractivity contribution in [1.29, 1.82) is 0 Å². The Morgan fingerprint density at radius 1 is 1.23 bits per heavy atom. The molecule has 2 aromatic rings. The molecule has 1 aromatic heterocycles. The average molecular weight is 548 g/mol. The van der Waals surface area contributed by atoms with Crippen LogP contribution in [0.4, 0.5) is 11.4 Å². The Bertz CT molecular complexity index is 1240. The van der Waals surface area contributed by atoms with Gasteiger partial charge in [0, 0.05) is 50.0 Å². The zero-order chi connectivity index (χ0) is 28.5. The fraction of sp³-hybridized carbons (Fsp3) is 0.520. The van der Waals surface area contributed by atoms with Crippen molar-refractivity contribution in [2.45, 2.75) is 62.6 Å². The maximum atomic E-state index is 13.2. The van der Waals surface area contributed by atoms with Gasteiger partial charge in [0.25, 0.3) is 11.8 Å². The Balaban J connectivity index is 1.48. The number of likely N-dealkylation sites (N-methyl/N-ethyl adjacent to an activating group) is 1. The summed E-state index contributed by atoms with van der Waals surface area (Å²) in [6.07, 6.45) is -2.70. The summed E-state index contributed by atoms with van der Waals surface area (Å²) in [5.74, 6) is -2.11. The van der Waals surface area contributed by atoms with Crippen LogP contribution in [0.5, 0.6) is 0 Å². The van der Waals surface area contributed by atoms with Gasteiger partial charge in [0.05, 0.1) is 11.4 Å². The van der Waals surface area contributed by atoms with E-state index in [2.05, 4.69) is 15.6 Å². The molecule has 0 radical (unpaired) electrons. The van der Waals surface area contributed by atoms with E-state index >= 15 is 0 Å². The largest absolute Gasteiger partial charge is 0.396 e. The molecule has 0 spiro atoms. The van der Waals surface area contributed by atoms with Crippen LogP contribution in [-0.4, -0.2) is 102 Å². The number of ether oxygens (including phenoxy) is 1. The van der Waals surface area contributed by atoms with Gasteiger partial charge in [0.2, 0.25) is 0 Å². The molecule has 0 saturated carbocycles. The number of aryl methyl sites for hydroxylation is 1. The summed E-state index contributed by atoms with van der Waals surface area (Å²) in [6, 6.07) is 4.48. The number of carbonyl (C=O) groups is 2. The van der Waals surface area contributed by atoms with E-state index in [-0.39, 0.29) is 17.9 Å². The van der Waals surface area contributed by atoms with Crippen LogP contribution in [0, 0.1) is 5.92 Å². The first-order valence-electron chi connectivity index (χ1n) is 12.5. The lowest BCUT2D eigenvalue weighted by atomic mass is 9.82. The minimum Gasteiger partial charge on any atom is -0.396 e. The van der Waals surface area contributed by atoms with Crippen LogP contribution in [0.15, 0.2) is 36.5 Å². The van der Waals surface area contributed by atoms with Gasteiger partial charge in [0.15, 0.2) is 18.0 Å². The number of hydrogen-bond acceptors (Lipinski definition) is 11. The maximum absolute atomic E-state index is 13.2. The van der Waals surface area contributed by atoms with Gasteiger partial charge in [-0.2, -0.15) is 0 Å². The van der Waals surface area contributed by atoms with Crippen LogP contribution in [0.3, 0.4) is 0 Å². The van der Waals surface area contributed by atoms with Gasteiger partial charge in [-0.3, -0.25) is 14.3 Å². The Labute approximate surface area is 223 Å². The number of aliphatic hydroxyl groups excluding tert-OH is 5. The smallest absolute Gasteiger partial charge is 0.264 e. The predicted molar refractivity (Wildman–Crippen MR) is 135 cm³/mol. The molecule has 2 aliphatic rings. The average Bonchev–Trinajstić information content (AvgIpc) is 3.44. The molecular weight excluding hydrogens is 514 g/mol. The van der Waals surface area contributed by atoms with E-state index in [4.69, 9.17) is 9.84 Å². The normalized spacial score (nSPS) is 29.6. The highest BCUT2D eigenvalue weighted by Gasteiger charge is 2.52. The molecule has 14 heteroatoms. The summed E-state index contributed by atoms with van der Waals surface area (Å²) in [5, 5.41) is 70.4. The first-order valence-corrected chi connectivity index (χ1v) is 12.5. The molecule has 7 atom stereocenters. The van der Waals surface area contributed by atoms with Crippen LogP contribution in [0.25, 0.3) is 0 Å². The highest BCUT2D eigenvalue weighted by Crippen LogP contribution is 2.45. The van der Waals surface area contributed by atoms with Crippen molar-refractivity contribution in [3.05, 3.63) is 47.8 Å². The van der Waals surface area contributed by atoms with Gasteiger partial charge in [0.1, 0.15) is 18.3 Å². The number of aromatic nitrogens is 3. The van der Waals surface area contributed by atoms with Gasteiger partial charge >= 0.3 is 0 Å². The number of anilines is 2. The second-order valence-corrected chi connectivity index (χ2v) is 9.72. The number of rotatable bonds is 9. The van der Waals surface area contributed by atoms with Gasteiger partial charge in [-0.1, -0.05) is 24.3 Å². The lowest BCUT2D eigenvalue weighted by Crippen LogP contribution is -2.60. The minimum atomic E-state index is -1.93. The van der Waals surface area contributed by atoms with E-state index in [0.29, 0.717) is 30.8 Å². The van der Waals surface area contributed by atoms with Gasteiger partial charge in [-0.25, -0.2) is 0 Å². The van der Waals surface area contributed by atoms with Gasteiger partial charge < -0.3 is 45.6 Å². The number of carbonyl (C=O) groups excluding carboxylic acids is 2. The molecule has 1 fully saturated rings. The van der Waals surface area contributed by atoms with Crippen molar-refractivity contribution in [3.63, 3.8) is 0 Å². The van der Waals surface area contributed by atoms with Crippen molar-refractivity contribution < 1.29 is 45.0 Å². The van der Waals surface area contributed by atoms with Crippen molar-refractivity contribution in [1.82, 2.24) is 15.0 Å². The van der Waals surface area contributed by atoms with Crippen LogP contribution < -0.4 is 10.2 Å². The summed E-state index contributed by atoms with van der Waals surface area (Å²) in [4.78, 5) is 27.2. The van der Waals surface area contributed by atoms with Crippen molar-refractivity contribution in [2.75, 3.05) is 23.9 Å². The molecule has 3 heterocycles. The van der Waals surface area contributed by atoms with E-state index in [9.17, 15) is 35.1 Å². The zero-order valence-electron chi connectivity index (χ0n) is 21.5. The third kappa shape index (κ3) is 5.45. The zero-order valence-corrected chi connectivity index (χ0v) is 21.5. The molecule has 0 bridgehead atoms. The highest BCUT2D eigenvalue weighted by atomic mass is 16.6. The molecule has 39 heavy (non-hydrogen) atoms. The fourth-order valence-electron chi connectivity index (χ4n) is 4.75. The van der Waals surface area contributed by atoms with E-state index in [1.165, 1.54) is 24.1 Å². The summed E-state index contributed by atoms with van der Waals surface area (Å²) in [5.41, 5.74) is -0.372. The number of fused-ring (bicyclic) bond motifs is 1. The Morgan fingerprint density at radius 3 is 2.69 bits per heavy atom. The van der Waals surface area contributed by atoms with Crippen LogP contribution >= 0.6 is 0 Å². The molecular formula is C25H33N5O9. The first-order chi connectivity index (χ1) is 18.5. The number of allylic oxidation sites excluding steroid dienone is 1. The molecule has 4 rings (SSSR count). The molecule has 1 saturated heterocycles. The highest BCUT2D eigenvalue weighted by molar-refractivity contribution is 6.07. The van der Waals surface area contributed by atoms with Gasteiger partial charge in [-0.05, 0) is 24.6 Å². The Kier molecular flexibility index (Phi) is 8.46. The van der Waals surface area contributed by atoms with Crippen LogP contribution in [0.1, 0.15) is 24.6 Å². The van der Waals surface area contributed by atoms with Crippen LogP contribution in [-0.2, 0) is 32.9 Å². The second-order valence-electron chi connectivity index (χ2n) is 9.72. The van der Waals surface area contributed by atoms with Crippen molar-refractivity contribution in [3.8, 4) is 0 Å². The molecule has 2 amide bonds. The monoisotopic (exact) mass is 547 g/mol. The number of hydrogen-bond donors (Lipinski definition) is 7. The molecule has 212 valence electrons. The molecule has 0 unspecified atom stereocenters.